The number of aromatic nitrogens is 3. The highest BCUT2D eigenvalue weighted by molar-refractivity contribution is 9.10. The summed E-state index contributed by atoms with van der Waals surface area (Å²) in [5, 5.41) is 3.07. The molecular weight excluding hydrogens is 362 g/mol. The predicted molar refractivity (Wildman–Crippen MR) is 82.3 cm³/mol. The van der Waals surface area contributed by atoms with Gasteiger partial charge in [0.2, 0.25) is 0 Å². The van der Waals surface area contributed by atoms with Crippen molar-refractivity contribution in [3.05, 3.63) is 47.5 Å². The van der Waals surface area contributed by atoms with Gasteiger partial charge in [0.05, 0.1) is 5.69 Å². The van der Waals surface area contributed by atoms with Crippen LogP contribution in [0.15, 0.2) is 52.4 Å². The number of anilines is 2. The van der Waals surface area contributed by atoms with E-state index in [1.807, 2.05) is 0 Å². The van der Waals surface area contributed by atoms with Crippen LogP contribution in [-0.2, 0) is 0 Å². The lowest BCUT2D eigenvalue weighted by molar-refractivity contribution is 0.252. The van der Waals surface area contributed by atoms with Crippen LogP contribution in [0.3, 0.4) is 0 Å². The molecule has 3 aromatic rings. The molecule has 108 valence electrons. The summed E-state index contributed by atoms with van der Waals surface area (Å²) in [5.41, 5.74) is 1.19. The quantitative estimate of drug-likeness (QED) is 0.684. The Morgan fingerprint density at radius 3 is 2.90 bits per heavy atom. The lowest BCUT2D eigenvalue weighted by Gasteiger charge is -2.11. The van der Waals surface area contributed by atoms with E-state index in [-0.39, 0.29) is 0 Å². The van der Waals surface area contributed by atoms with Crippen LogP contribution in [0.25, 0.3) is 5.65 Å². The smallest absolute Gasteiger partial charge is 0.288 e. The first-order valence-electron chi connectivity index (χ1n) is 5.93. The molecule has 0 fully saturated rings. The zero-order valence-corrected chi connectivity index (χ0v) is 12.9. The monoisotopic (exact) mass is 370 g/mol. The molecule has 0 atom stereocenters. The fraction of sp³-hybridized carbons (Fsp3) is 0.0769. The molecule has 4 nitrogen and oxygen atoms in total. The van der Waals surface area contributed by atoms with Crippen LogP contribution >= 0.6 is 27.7 Å². The molecule has 8 heteroatoms. The Balaban J connectivity index is 2.01. The first kappa shape index (κ1) is 14.3. The van der Waals surface area contributed by atoms with Crippen molar-refractivity contribution in [2.45, 2.75) is 10.7 Å². The Morgan fingerprint density at radius 2 is 2.10 bits per heavy atom. The Bertz CT molecular complexity index is 778. The maximum absolute atomic E-state index is 12.6. The van der Waals surface area contributed by atoms with E-state index in [0.29, 0.717) is 38.4 Å². The van der Waals surface area contributed by atoms with E-state index in [1.54, 1.807) is 47.3 Å². The van der Waals surface area contributed by atoms with Gasteiger partial charge >= 0.3 is 0 Å². The number of thioether (sulfide) groups is 1. The molecule has 1 aromatic carbocycles. The van der Waals surface area contributed by atoms with Gasteiger partial charge < -0.3 is 9.72 Å². The zero-order valence-electron chi connectivity index (χ0n) is 10.5. The van der Waals surface area contributed by atoms with Crippen molar-refractivity contribution in [1.82, 2.24) is 14.4 Å². The number of fused-ring (bicyclic) bond motifs is 1. The average molecular weight is 371 g/mol. The molecule has 0 aliphatic rings. The molecule has 0 spiro atoms. The standard InChI is InChI=1S/C13H9BrF2N4S/c14-10-7-20-6-5-17-12(20)11(19-10)18-8-3-1-2-4-9(8)21-13(15)16/h1-7,13H,(H,18,19). The Hall–Kier alpha value is -1.67. The molecule has 1 N–H and O–H groups in total. The molecule has 2 aromatic heterocycles. The summed E-state index contributed by atoms with van der Waals surface area (Å²) in [4.78, 5) is 8.98. The van der Waals surface area contributed by atoms with E-state index in [4.69, 9.17) is 0 Å². The summed E-state index contributed by atoms with van der Waals surface area (Å²) in [7, 11) is 0. The molecule has 0 saturated heterocycles. The minimum atomic E-state index is -2.48. The van der Waals surface area contributed by atoms with Gasteiger partial charge in [-0.3, -0.25) is 0 Å². The Labute approximate surface area is 131 Å². The number of rotatable bonds is 4. The number of nitrogens with zero attached hydrogens (tertiary/aromatic N) is 3. The maximum Gasteiger partial charge on any atom is 0.288 e. The first-order chi connectivity index (χ1) is 10.1. The van der Waals surface area contributed by atoms with Gasteiger partial charge in [0, 0.05) is 23.5 Å². The molecule has 0 bridgehead atoms. The van der Waals surface area contributed by atoms with Gasteiger partial charge in [-0.2, -0.15) is 8.78 Å². The Kier molecular flexibility index (Phi) is 4.07. The number of nitrogens with one attached hydrogen (secondary N) is 1. The van der Waals surface area contributed by atoms with Gasteiger partial charge in [0.15, 0.2) is 11.5 Å². The lowest BCUT2D eigenvalue weighted by Crippen LogP contribution is -2.00. The van der Waals surface area contributed by atoms with Gasteiger partial charge in [0.25, 0.3) is 5.76 Å². The molecule has 21 heavy (non-hydrogen) atoms. The van der Waals surface area contributed by atoms with Crippen LogP contribution in [0.2, 0.25) is 0 Å². The van der Waals surface area contributed by atoms with Crippen molar-refractivity contribution in [3.63, 3.8) is 0 Å². The molecule has 0 radical (unpaired) electrons. The van der Waals surface area contributed by atoms with Gasteiger partial charge in [-0.15, -0.1) is 0 Å². The second-order valence-electron chi connectivity index (χ2n) is 4.07. The van der Waals surface area contributed by atoms with Crippen LogP contribution in [-0.4, -0.2) is 20.1 Å². The van der Waals surface area contributed by atoms with Crippen molar-refractivity contribution in [3.8, 4) is 0 Å². The molecule has 3 rings (SSSR count). The predicted octanol–water partition coefficient (Wildman–Crippen LogP) is 4.55. The summed E-state index contributed by atoms with van der Waals surface area (Å²) in [6, 6.07) is 6.86. The number of halogens is 3. The lowest BCUT2D eigenvalue weighted by atomic mass is 10.3. The van der Waals surface area contributed by atoms with Gasteiger partial charge in [-0.05, 0) is 28.1 Å². The highest BCUT2D eigenvalue weighted by atomic mass is 79.9. The van der Waals surface area contributed by atoms with E-state index in [1.165, 1.54) is 0 Å². The number of hydrogen-bond acceptors (Lipinski definition) is 4. The number of imidazole rings is 1. The van der Waals surface area contributed by atoms with Crippen LogP contribution in [0, 0.1) is 0 Å². The van der Waals surface area contributed by atoms with E-state index in [2.05, 4.69) is 31.2 Å². The fourth-order valence-corrected chi connectivity index (χ4v) is 2.87. The number of alkyl halides is 2. The third kappa shape index (κ3) is 3.16. The summed E-state index contributed by atoms with van der Waals surface area (Å²) in [5.74, 6) is -1.98. The maximum atomic E-state index is 12.6. The zero-order chi connectivity index (χ0) is 14.8. The third-order valence-corrected chi connectivity index (χ3v) is 3.87. The van der Waals surface area contributed by atoms with E-state index >= 15 is 0 Å². The fourth-order valence-electron chi connectivity index (χ4n) is 1.88. The van der Waals surface area contributed by atoms with Crippen molar-refractivity contribution in [1.29, 1.82) is 0 Å². The van der Waals surface area contributed by atoms with E-state index in [0.717, 1.165) is 0 Å². The molecule has 0 unspecified atom stereocenters. The second kappa shape index (κ2) is 5.98. The topological polar surface area (TPSA) is 42.2 Å². The van der Waals surface area contributed by atoms with Crippen molar-refractivity contribution in [2.75, 3.05) is 5.32 Å². The minimum absolute atomic E-state index is 0.457. The van der Waals surface area contributed by atoms with Crippen LogP contribution in [0.1, 0.15) is 0 Å². The molecule has 0 aliphatic carbocycles. The van der Waals surface area contributed by atoms with Crippen LogP contribution in [0.4, 0.5) is 20.3 Å². The highest BCUT2D eigenvalue weighted by Crippen LogP contribution is 2.33. The average Bonchev–Trinajstić information content (AvgIpc) is 2.88. The Morgan fingerprint density at radius 1 is 1.29 bits per heavy atom. The molecular formula is C13H9BrF2N4S. The van der Waals surface area contributed by atoms with E-state index in [9.17, 15) is 8.78 Å². The third-order valence-electron chi connectivity index (χ3n) is 2.70. The number of benzene rings is 1. The normalized spacial score (nSPS) is 11.2. The molecule has 2 heterocycles. The molecule has 0 aliphatic heterocycles. The second-order valence-corrected chi connectivity index (χ2v) is 5.91. The number of hydrogen-bond donors (Lipinski definition) is 1. The largest absolute Gasteiger partial charge is 0.336 e. The highest BCUT2D eigenvalue weighted by Gasteiger charge is 2.12. The molecule has 0 saturated carbocycles. The van der Waals surface area contributed by atoms with Gasteiger partial charge in [0.1, 0.15) is 4.60 Å². The molecule has 0 amide bonds. The van der Waals surface area contributed by atoms with Crippen LogP contribution in [0.5, 0.6) is 0 Å². The number of para-hydroxylation sites is 1. The summed E-state index contributed by atoms with van der Waals surface area (Å²) in [6.07, 6.45) is 5.20. The summed E-state index contributed by atoms with van der Waals surface area (Å²) >= 11 is 3.81. The van der Waals surface area contributed by atoms with E-state index < -0.39 is 5.76 Å². The first-order valence-corrected chi connectivity index (χ1v) is 7.61. The van der Waals surface area contributed by atoms with Crippen molar-refractivity contribution >= 4 is 44.8 Å². The minimum Gasteiger partial charge on any atom is -0.336 e. The van der Waals surface area contributed by atoms with Crippen molar-refractivity contribution < 1.29 is 8.78 Å². The SMILES string of the molecule is FC(F)Sc1ccccc1Nc1nc(Br)cn2ccnc12. The van der Waals surface area contributed by atoms with Crippen LogP contribution < -0.4 is 5.32 Å². The van der Waals surface area contributed by atoms with Gasteiger partial charge in [-0.1, -0.05) is 23.9 Å². The summed E-state index contributed by atoms with van der Waals surface area (Å²) in [6.45, 7) is 0. The van der Waals surface area contributed by atoms with Crippen molar-refractivity contribution in [2.24, 2.45) is 0 Å². The van der Waals surface area contributed by atoms with Gasteiger partial charge in [-0.25, -0.2) is 9.97 Å². The summed E-state index contributed by atoms with van der Waals surface area (Å²) < 4.78 is 27.6.